The highest BCUT2D eigenvalue weighted by molar-refractivity contribution is 5.30. The van der Waals surface area contributed by atoms with E-state index >= 15 is 0 Å². The molecule has 0 amide bonds. The molecule has 1 spiro atoms. The Balaban J connectivity index is 1.85. The van der Waals surface area contributed by atoms with Gasteiger partial charge in [0.15, 0.2) is 6.35 Å². The smallest absolute Gasteiger partial charge is 0.161 e. The molecule has 1 atom stereocenters. The average Bonchev–Trinajstić information content (AvgIpc) is 2.81. The van der Waals surface area contributed by atoms with Crippen molar-refractivity contribution in [2.45, 2.75) is 50.0 Å². The zero-order chi connectivity index (χ0) is 15.1. The molecule has 3 N–H and O–H groups in total. The van der Waals surface area contributed by atoms with E-state index in [1.165, 1.54) is 11.1 Å². The van der Waals surface area contributed by atoms with E-state index in [2.05, 4.69) is 60.8 Å². The van der Waals surface area contributed by atoms with Crippen molar-refractivity contribution in [1.29, 1.82) is 0 Å². The van der Waals surface area contributed by atoms with Crippen molar-refractivity contribution in [1.82, 2.24) is 15.5 Å². The summed E-state index contributed by atoms with van der Waals surface area (Å²) in [6.45, 7) is 3.03. The summed E-state index contributed by atoms with van der Waals surface area (Å²) in [5, 5.41) is 16.2. The zero-order valence-corrected chi connectivity index (χ0v) is 13.3. The van der Waals surface area contributed by atoms with Gasteiger partial charge in [0, 0.05) is 17.6 Å². The van der Waals surface area contributed by atoms with Gasteiger partial charge in [0.2, 0.25) is 0 Å². The van der Waals surface area contributed by atoms with E-state index in [4.69, 9.17) is 0 Å². The highest BCUT2D eigenvalue weighted by Gasteiger charge is 2.47. The van der Waals surface area contributed by atoms with E-state index in [0.29, 0.717) is 0 Å². The van der Waals surface area contributed by atoms with Gasteiger partial charge in [-0.15, -0.1) is 0 Å². The number of aliphatic hydroxyl groups is 1. The molecule has 3 rings (SSSR count). The van der Waals surface area contributed by atoms with Gasteiger partial charge in [-0.05, 0) is 52.3 Å². The number of nitrogens with one attached hydrogen (secondary N) is 2. The van der Waals surface area contributed by atoms with Crippen molar-refractivity contribution in [3.05, 3.63) is 35.4 Å². The van der Waals surface area contributed by atoms with Crippen LogP contribution in [0.5, 0.6) is 0 Å². The molecule has 21 heavy (non-hydrogen) atoms. The Bertz CT molecular complexity index is 507. The minimum absolute atomic E-state index is 0.0722. The molecule has 1 saturated heterocycles. The third kappa shape index (κ3) is 2.61. The predicted octanol–water partition coefficient (Wildman–Crippen LogP) is 1.53. The molecule has 116 valence electrons. The number of hydrogen-bond donors (Lipinski definition) is 3. The Morgan fingerprint density at radius 1 is 1.19 bits per heavy atom. The monoisotopic (exact) mass is 289 g/mol. The molecule has 1 aromatic carbocycles. The molecular weight excluding hydrogens is 262 g/mol. The van der Waals surface area contributed by atoms with E-state index < -0.39 is 6.35 Å². The lowest BCUT2D eigenvalue weighted by Crippen LogP contribution is -2.54. The third-order valence-electron chi connectivity index (χ3n) is 5.52. The summed E-state index contributed by atoms with van der Waals surface area (Å²) in [7, 11) is 4.38. The van der Waals surface area contributed by atoms with Crippen molar-refractivity contribution in [2.24, 2.45) is 0 Å². The molecular formula is C17H27N3O. The summed E-state index contributed by atoms with van der Waals surface area (Å²) in [4.78, 5) is 2.38. The van der Waals surface area contributed by atoms with Gasteiger partial charge < -0.3 is 5.11 Å². The third-order valence-corrected chi connectivity index (χ3v) is 5.52. The number of rotatable bonds is 2. The van der Waals surface area contributed by atoms with Crippen LogP contribution >= 0.6 is 0 Å². The molecule has 1 unspecified atom stereocenters. The van der Waals surface area contributed by atoms with Gasteiger partial charge in [-0.2, -0.15) is 0 Å². The van der Waals surface area contributed by atoms with Crippen LogP contribution in [0, 0.1) is 6.92 Å². The molecule has 0 bridgehead atoms. The molecule has 1 heterocycles. The lowest BCUT2D eigenvalue weighted by atomic mass is 9.68. The molecule has 0 radical (unpaired) electrons. The quantitative estimate of drug-likeness (QED) is 0.773. The van der Waals surface area contributed by atoms with Crippen molar-refractivity contribution >= 4 is 0 Å². The summed E-state index contributed by atoms with van der Waals surface area (Å²) in [6, 6.07) is 8.92. The Hall–Kier alpha value is -0.940. The average molecular weight is 289 g/mol. The molecule has 1 saturated carbocycles. The number of aliphatic hydroxyl groups excluding tert-OH is 1. The fourth-order valence-corrected chi connectivity index (χ4v) is 4.08. The Morgan fingerprint density at radius 3 is 2.43 bits per heavy atom. The molecule has 2 aliphatic rings. The maximum absolute atomic E-state index is 9.71. The van der Waals surface area contributed by atoms with E-state index in [0.717, 1.165) is 32.2 Å². The maximum atomic E-state index is 9.71. The van der Waals surface area contributed by atoms with Gasteiger partial charge in [-0.1, -0.05) is 29.8 Å². The SMILES string of the molecule is Cc1cccc(C2(N(C)C)CCC3(CC2)CNC(O)N3)c1. The first-order chi connectivity index (χ1) is 9.96. The molecule has 2 fully saturated rings. The predicted molar refractivity (Wildman–Crippen MR) is 84.9 cm³/mol. The Kier molecular flexibility index (Phi) is 3.82. The van der Waals surface area contributed by atoms with E-state index in [1.807, 2.05) is 0 Å². The van der Waals surface area contributed by atoms with Gasteiger partial charge in [0.25, 0.3) is 0 Å². The van der Waals surface area contributed by atoms with Crippen molar-refractivity contribution < 1.29 is 5.11 Å². The molecule has 1 aliphatic heterocycles. The normalized spacial score (nSPS) is 36.5. The van der Waals surface area contributed by atoms with Crippen LogP contribution in [0.25, 0.3) is 0 Å². The van der Waals surface area contributed by atoms with E-state index in [-0.39, 0.29) is 11.1 Å². The number of hydrogen-bond acceptors (Lipinski definition) is 4. The van der Waals surface area contributed by atoms with Gasteiger partial charge in [-0.25, -0.2) is 0 Å². The lowest BCUT2D eigenvalue weighted by Gasteiger charge is -2.49. The maximum Gasteiger partial charge on any atom is 0.161 e. The first-order valence-corrected chi connectivity index (χ1v) is 7.90. The molecule has 1 aliphatic carbocycles. The molecule has 4 nitrogen and oxygen atoms in total. The van der Waals surface area contributed by atoms with Crippen LogP contribution in [0.4, 0.5) is 0 Å². The van der Waals surface area contributed by atoms with E-state index in [1.54, 1.807) is 0 Å². The second-order valence-electron chi connectivity index (χ2n) is 7.00. The fourth-order valence-electron chi connectivity index (χ4n) is 4.08. The highest BCUT2D eigenvalue weighted by Crippen LogP contribution is 2.45. The summed E-state index contributed by atoms with van der Waals surface area (Å²) >= 11 is 0. The lowest BCUT2D eigenvalue weighted by molar-refractivity contribution is 0.0503. The summed E-state index contributed by atoms with van der Waals surface area (Å²) in [5.41, 5.74) is 2.94. The first kappa shape index (κ1) is 15.0. The standard InChI is InChI=1S/C17H27N3O/c1-13-5-4-6-14(11-13)17(20(2)3)9-7-16(8-10-17)12-18-15(21)19-16/h4-6,11,15,18-19,21H,7-10,12H2,1-3H3. The van der Waals surface area contributed by atoms with Crippen LogP contribution in [-0.2, 0) is 5.54 Å². The van der Waals surface area contributed by atoms with Crippen LogP contribution in [-0.4, -0.2) is 42.5 Å². The molecule has 4 heteroatoms. The van der Waals surface area contributed by atoms with Crippen LogP contribution in [0.15, 0.2) is 24.3 Å². The van der Waals surface area contributed by atoms with E-state index in [9.17, 15) is 5.11 Å². The van der Waals surface area contributed by atoms with Crippen molar-refractivity contribution in [3.8, 4) is 0 Å². The van der Waals surface area contributed by atoms with Gasteiger partial charge in [0.1, 0.15) is 0 Å². The Labute approximate surface area is 127 Å². The Morgan fingerprint density at radius 2 is 1.90 bits per heavy atom. The van der Waals surface area contributed by atoms with Crippen LogP contribution in [0.3, 0.4) is 0 Å². The summed E-state index contributed by atoms with van der Waals surface area (Å²) < 4.78 is 0. The van der Waals surface area contributed by atoms with Gasteiger partial charge in [-0.3, -0.25) is 15.5 Å². The fraction of sp³-hybridized carbons (Fsp3) is 0.647. The second-order valence-corrected chi connectivity index (χ2v) is 7.00. The van der Waals surface area contributed by atoms with Crippen molar-refractivity contribution in [3.63, 3.8) is 0 Å². The van der Waals surface area contributed by atoms with Gasteiger partial charge in [0.05, 0.1) is 0 Å². The van der Waals surface area contributed by atoms with Crippen molar-refractivity contribution in [2.75, 3.05) is 20.6 Å². The largest absolute Gasteiger partial charge is 0.365 e. The summed E-state index contributed by atoms with van der Waals surface area (Å²) in [6.07, 6.45) is 3.86. The topological polar surface area (TPSA) is 47.5 Å². The molecule has 0 aromatic heterocycles. The van der Waals surface area contributed by atoms with Gasteiger partial charge >= 0.3 is 0 Å². The minimum atomic E-state index is -0.546. The van der Waals surface area contributed by atoms with Crippen LogP contribution in [0.1, 0.15) is 36.8 Å². The second kappa shape index (κ2) is 5.36. The number of benzene rings is 1. The number of nitrogens with zero attached hydrogens (tertiary/aromatic N) is 1. The minimum Gasteiger partial charge on any atom is -0.365 e. The zero-order valence-electron chi connectivity index (χ0n) is 13.3. The van der Waals surface area contributed by atoms with Crippen LogP contribution in [0.2, 0.25) is 0 Å². The summed E-state index contributed by atoms with van der Waals surface area (Å²) in [5.74, 6) is 0. The molecule has 1 aromatic rings. The number of aryl methyl sites for hydroxylation is 1. The van der Waals surface area contributed by atoms with Crippen LogP contribution < -0.4 is 10.6 Å². The first-order valence-electron chi connectivity index (χ1n) is 7.90. The highest BCUT2D eigenvalue weighted by atomic mass is 16.3.